The van der Waals surface area contributed by atoms with E-state index in [4.69, 9.17) is 4.42 Å². The fourth-order valence-electron chi connectivity index (χ4n) is 1.07. The monoisotopic (exact) mass is 289 g/mol. The van der Waals surface area contributed by atoms with E-state index < -0.39 is 0 Å². The second-order valence-electron chi connectivity index (χ2n) is 2.47. The summed E-state index contributed by atoms with van der Waals surface area (Å²) in [6.45, 7) is 1.83. The molecule has 0 atom stereocenters. The summed E-state index contributed by atoms with van der Waals surface area (Å²) in [5.41, 5.74) is 1.67. The quantitative estimate of drug-likeness (QED) is 0.740. The number of rotatable bonds is 0. The van der Waals surface area contributed by atoms with Crippen molar-refractivity contribution in [3.63, 3.8) is 0 Å². The first kappa shape index (κ1) is 8.26. The number of aromatic nitrogens is 1. The molecule has 62 valence electrons. The zero-order valence-electron chi connectivity index (χ0n) is 6.27. The maximum Gasteiger partial charge on any atom is 0.192 e. The number of fused-ring (bicyclic) bond motifs is 1. The van der Waals surface area contributed by atoms with E-state index in [0.29, 0.717) is 5.89 Å². The van der Waals surface area contributed by atoms with Crippen LogP contribution in [0.3, 0.4) is 0 Å². The molecule has 0 amide bonds. The smallest absolute Gasteiger partial charge is 0.192 e. The van der Waals surface area contributed by atoms with Crippen LogP contribution in [0.2, 0.25) is 0 Å². The molecule has 0 aliphatic heterocycles. The molecule has 0 fully saturated rings. The topological polar surface area (TPSA) is 26.0 Å². The van der Waals surface area contributed by atoms with Gasteiger partial charge in [0, 0.05) is 11.4 Å². The van der Waals surface area contributed by atoms with Crippen molar-refractivity contribution in [3.8, 4) is 0 Å². The lowest BCUT2D eigenvalue weighted by molar-refractivity contribution is 0.559. The molecule has 2 rings (SSSR count). The first-order valence-electron chi connectivity index (χ1n) is 3.39. The summed E-state index contributed by atoms with van der Waals surface area (Å²) in [6, 6.07) is 3.86. The van der Waals surface area contributed by atoms with Gasteiger partial charge in [-0.3, -0.25) is 0 Å². The third-order valence-electron chi connectivity index (χ3n) is 1.52. The molecule has 0 aliphatic rings. The molecule has 0 N–H and O–H groups in total. The first-order chi connectivity index (χ1) is 5.66. The number of nitrogens with zero attached hydrogens (tertiary/aromatic N) is 1. The highest BCUT2D eigenvalue weighted by Gasteiger charge is 2.06. The number of benzene rings is 1. The molecule has 12 heavy (non-hydrogen) atoms. The molecule has 0 saturated carbocycles. The van der Waals surface area contributed by atoms with Crippen LogP contribution in [0.4, 0.5) is 0 Å². The standard InChI is InChI=1S/C8H5Br2NO/c1-4-11-7-3-5(9)2-6(10)8(7)12-4/h2-3H,1H3. The van der Waals surface area contributed by atoms with Crippen LogP contribution in [0.5, 0.6) is 0 Å². The third kappa shape index (κ3) is 1.29. The zero-order chi connectivity index (χ0) is 8.72. The fourth-order valence-corrected chi connectivity index (χ4v) is 2.35. The van der Waals surface area contributed by atoms with Crippen LogP contribution >= 0.6 is 31.9 Å². The summed E-state index contributed by atoms with van der Waals surface area (Å²) in [7, 11) is 0. The Morgan fingerprint density at radius 1 is 1.33 bits per heavy atom. The second kappa shape index (κ2) is 2.85. The number of aryl methyl sites for hydroxylation is 1. The van der Waals surface area contributed by atoms with Gasteiger partial charge in [-0.05, 0) is 28.1 Å². The molecular formula is C8H5Br2NO. The van der Waals surface area contributed by atoms with Crippen molar-refractivity contribution in [2.45, 2.75) is 6.92 Å². The largest absolute Gasteiger partial charge is 0.440 e. The van der Waals surface area contributed by atoms with Crippen molar-refractivity contribution in [1.82, 2.24) is 4.98 Å². The second-order valence-corrected chi connectivity index (χ2v) is 4.24. The predicted molar refractivity (Wildman–Crippen MR) is 54.1 cm³/mol. The van der Waals surface area contributed by atoms with Crippen molar-refractivity contribution in [1.29, 1.82) is 0 Å². The molecule has 1 aromatic carbocycles. The van der Waals surface area contributed by atoms with Gasteiger partial charge in [-0.25, -0.2) is 4.98 Å². The van der Waals surface area contributed by atoms with Gasteiger partial charge in [0.25, 0.3) is 0 Å². The minimum Gasteiger partial charge on any atom is -0.440 e. The summed E-state index contributed by atoms with van der Waals surface area (Å²) in [5, 5.41) is 0. The molecule has 2 aromatic rings. The Balaban J connectivity index is 2.88. The highest BCUT2D eigenvalue weighted by atomic mass is 79.9. The van der Waals surface area contributed by atoms with Gasteiger partial charge < -0.3 is 4.42 Å². The lowest BCUT2D eigenvalue weighted by Crippen LogP contribution is -1.71. The van der Waals surface area contributed by atoms with E-state index in [9.17, 15) is 0 Å². The number of hydrogen-bond donors (Lipinski definition) is 0. The summed E-state index contributed by atoms with van der Waals surface area (Å²) in [5.74, 6) is 0.684. The Morgan fingerprint density at radius 3 is 2.83 bits per heavy atom. The maximum atomic E-state index is 5.37. The van der Waals surface area contributed by atoms with Crippen LogP contribution in [0, 0.1) is 6.92 Å². The van der Waals surface area contributed by atoms with Crippen LogP contribution < -0.4 is 0 Å². The van der Waals surface area contributed by atoms with Crippen LogP contribution in [0.15, 0.2) is 25.5 Å². The van der Waals surface area contributed by atoms with Crippen molar-refractivity contribution < 1.29 is 4.42 Å². The van der Waals surface area contributed by atoms with Crippen LogP contribution in [0.25, 0.3) is 11.1 Å². The van der Waals surface area contributed by atoms with Gasteiger partial charge in [-0.1, -0.05) is 15.9 Å². The van der Waals surface area contributed by atoms with Crippen LogP contribution in [-0.4, -0.2) is 4.98 Å². The van der Waals surface area contributed by atoms with E-state index in [0.717, 1.165) is 20.0 Å². The number of oxazole rings is 1. The van der Waals surface area contributed by atoms with Gasteiger partial charge in [0.1, 0.15) is 5.52 Å². The predicted octanol–water partition coefficient (Wildman–Crippen LogP) is 3.66. The molecule has 0 radical (unpaired) electrons. The normalized spacial score (nSPS) is 10.9. The fraction of sp³-hybridized carbons (Fsp3) is 0.125. The first-order valence-corrected chi connectivity index (χ1v) is 4.97. The Bertz CT molecular complexity index is 436. The third-order valence-corrected chi connectivity index (χ3v) is 2.56. The van der Waals surface area contributed by atoms with E-state index >= 15 is 0 Å². The van der Waals surface area contributed by atoms with E-state index in [1.165, 1.54) is 0 Å². The Hall–Kier alpha value is -0.350. The van der Waals surface area contributed by atoms with Gasteiger partial charge in [0.2, 0.25) is 0 Å². The summed E-state index contributed by atoms with van der Waals surface area (Å²) < 4.78 is 7.29. The summed E-state index contributed by atoms with van der Waals surface area (Å²) in [4.78, 5) is 4.21. The van der Waals surface area contributed by atoms with Crippen molar-refractivity contribution in [2.24, 2.45) is 0 Å². The van der Waals surface area contributed by atoms with Gasteiger partial charge in [0.05, 0.1) is 4.47 Å². The molecule has 2 nitrogen and oxygen atoms in total. The van der Waals surface area contributed by atoms with Crippen molar-refractivity contribution in [3.05, 3.63) is 27.0 Å². The zero-order valence-corrected chi connectivity index (χ0v) is 9.44. The molecule has 0 spiro atoms. The molecule has 1 heterocycles. The molecule has 0 saturated heterocycles. The van der Waals surface area contributed by atoms with E-state index in [1.807, 2.05) is 19.1 Å². The minimum atomic E-state index is 0.684. The molecule has 0 aliphatic carbocycles. The molecule has 0 unspecified atom stereocenters. The van der Waals surface area contributed by atoms with Crippen LogP contribution in [0.1, 0.15) is 5.89 Å². The van der Waals surface area contributed by atoms with Gasteiger partial charge >= 0.3 is 0 Å². The van der Waals surface area contributed by atoms with E-state index in [-0.39, 0.29) is 0 Å². The average molecular weight is 291 g/mol. The number of hydrogen-bond acceptors (Lipinski definition) is 2. The van der Waals surface area contributed by atoms with Gasteiger partial charge in [0.15, 0.2) is 11.5 Å². The Labute approximate surface area is 86.2 Å². The van der Waals surface area contributed by atoms with Gasteiger partial charge in [-0.15, -0.1) is 0 Å². The summed E-state index contributed by atoms with van der Waals surface area (Å²) >= 11 is 6.78. The van der Waals surface area contributed by atoms with Gasteiger partial charge in [-0.2, -0.15) is 0 Å². The molecular weight excluding hydrogens is 286 g/mol. The molecule has 1 aromatic heterocycles. The lowest BCUT2D eigenvalue weighted by atomic mass is 10.3. The summed E-state index contributed by atoms with van der Waals surface area (Å²) in [6.07, 6.45) is 0. The lowest BCUT2D eigenvalue weighted by Gasteiger charge is -1.91. The minimum absolute atomic E-state index is 0.684. The SMILES string of the molecule is Cc1nc2cc(Br)cc(Br)c2o1. The van der Waals surface area contributed by atoms with Crippen molar-refractivity contribution >= 4 is 43.0 Å². The number of halogens is 2. The maximum absolute atomic E-state index is 5.37. The highest BCUT2D eigenvalue weighted by Crippen LogP contribution is 2.28. The molecule has 0 bridgehead atoms. The van der Waals surface area contributed by atoms with E-state index in [2.05, 4.69) is 36.8 Å². The molecule has 4 heteroatoms. The average Bonchev–Trinajstić information content (AvgIpc) is 2.29. The Kier molecular flexibility index (Phi) is 1.96. The van der Waals surface area contributed by atoms with Crippen LogP contribution in [-0.2, 0) is 0 Å². The van der Waals surface area contributed by atoms with Crippen molar-refractivity contribution in [2.75, 3.05) is 0 Å². The van der Waals surface area contributed by atoms with E-state index in [1.54, 1.807) is 0 Å². The highest BCUT2D eigenvalue weighted by molar-refractivity contribution is 9.11. The Morgan fingerprint density at radius 2 is 2.08 bits per heavy atom.